The van der Waals surface area contributed by atoms with Crippen molar-refractivity contribution in [1.29, 1.82) is 0 Å². The van der Waals surface area contributed by atoms with Crippen molar-refractivity contribution in [3.05, 3.63) is 52.0 Å². The highest BCUT2D eigenvalue weighted by Gasteiger charge is 2.26. The SMILES string of the molecule is CCC(CC)n1c(Cc2cccs2)nc2cc(C(=O)C[C@@H](CC(C)C)C(=O)N(C)C)ccc21. The Labute approximate surface area is 201 Å². The third-order valence-electron chi connectivity index (χ3n) is 6.28. The molecular weight excluding hydrogens is 430 g/mol. The maximum Gasteiger partial charge on any atom is 0.225 e. The van der Waals surface area contributed by atoms with Crippen LogP contribution in [0.1, 0.15) is 80.5 Å². The molecule has 0 bridgehead atoms. The topological polar surface area (TPSA) is 55.2 Å². The molecule has 0 aliphatic rings. The van der Waals surface area contributed by atoms with Gasteiger partial charge in [-0.2, -0.15) is 0 Å². The van der Waals surface area contributed by atoms with Crippen LogP contribution in [0.5, 0.6) is 0 Å². The molecule has 0 fully saturated rings. The second-order valence-corrected chi connectivity index (χ2v) is 10.5. The van der Waals surface area contributed by atoms with E-state index >= 15 is 0 Å². The molecule has 3 rings (SSSR count). The molecule has 0 saturated carbocycles. The van der Waals surface area contributed by atoms with Gasteiger partial charge < -0.3 is 9.47 Å². The van der Waals surface area contributed by atoms with Crippen LogP contribution in [-0.2, 0) is 11.2 Å². The minimum atomic E-state index is -0.292. The molecule has 0 radical (unpaired) electrons. The molecule has 2 heterocycles. The lowest BCUT2D eigenvalue weighted by molar-refractivity contribution is -0.133. The second-order valence-electron chi connectivity index (χ2n) is 9.51. The molecule has 3 aromatic rings. The molecule has 5 nitrogen and oxygen atoms in total. The highest BCUT2D eigenvalue weighted by molar-refractivity contribution is 7.09. The number of nitrogens with zero attached hydrogens (tertiary/aromatic N) is 3. The predicted octanol–water partition coefficient (Wildman–Crippen LogP) is 6.37. The van der Waals surface area contributed by atoms with Crippen LogP contribution in [0.4, 0.5) is 0 Å². The van der Waals surface area contributed by atoms with Crippen molar-refractivity contribution in [2.24, 2.45) is 11.8 Å². The Bertz CT molecular complexity index is 1080. The first-order valence-electron chi connectivity index (χ1n) is 12.0. The fourth-order valence-electron chi connectivity index (χ4n) is 4.62. The second kappa shape index (κ2) is 11.1. The molecule has 33 heavy (non-hydrogen) atoms. The number of amides is 1. The van der Waals surface area contributed by atoms with E-state index < -0.39 is 0 Å². The zero-order chi connectivity index (χ0) is 24.1. The number of hydrogen-bond acceptors (Lipinski definition) is 4. The maximum absolute atomic E-state index is 13.2. The monoisotopic (exact) mass is 467 g/mol. The lowest BCUT2D eigenvalue weighted by Gasteiger charge is -2.21. The Balaban J connectivity index is 1.95. The van der Waals surface area contributed by atoms with Gasteiger partial charge in [0, 0.05) is 49.3 Å². The van der Waals surface area contributed by atoms with Crippen LogP contribution in [-0.4, -0.2) is 40.2 Å². The Morgan fingerprint density at radius 2 is 1.85 bits per heavy atom. The van der Waals surface area contributed by atoms with Gasteiger partial charge in [-0.05, 0) is 54.8 Å². The number of carbonyl (C=O) groups excluding carboxylic acids is 2. The van der Waals surface area contributed by atoms with E-state index in [1.807, 2.05) is 18.2 Å². The van der Waals surface area contributed by atoms with Gasteiger partial charge in [-0.25, -0.2) is 4.98 Å². The fourth-order valence-corrected chi connectivity index (χ4v) is 5.33. The summed E-state index contributed by atoms with van der Waals surface area (Å²) in [5.41, 5.74) is 2.58. The molecule has 0 spiro atoms. The van der Waals surface area contributed by atoms with Crippen LogP contribution in [0.3, 0.4) is 0 Å². The number of benzene rings is 1. The van der Waals surface area contributed by atoms with Gasteiger partial charge in [-0.1, -0.05) is 33.8 Å². The minimum Gasteiger partial charge on any atom is -0.349 e. The number of aromatic nitrogens is 2. The van der Waals surface area contributed by atoms with Gasteiger partial charge in [0.05, 0.1) is 11.0 Å². The van der Waals surface area contributed by atoms with Crippen molar-refractivity contribution >= 4 is 34.1 Å². The summed E-state index contributed by atoms with van der Waals surface area (Å²) in [6.45, 7) is 8.60. The summed E-state index contributed by atoms with van der Waals surface area (Å²) in [4.78, 5) is 33.7. The van der Waals surface area contributed by atoms with Gasteiger partial charge in [0.1, 0.15) is 5.82 Å². The smallest absolute Gasteiger partial charge is 0.225 e. The normalized spacial score (nSPS) is 12.6. The number of carbonyl (C=O) groups is 2. The van der Waals surface area contributed by atoms with E-state index in [1.165, 1.54) is 4.88 Å². The molecule has 178 valence electrons. The summed E-state index contributed by atoms with van der Waals surface area (Å²) in [6, 6.07) is 10.5. The number of imidazole rings is 1. The van der Waals surface area contributed by atoms with E-state index in [0.717, 1.165) is 36.1 Å². The van der Waals surface area contributed by atoms with Crippen molar-refractivity contribution in [3.63, 3.8) is 0 Å². The highest BCUT2D eigenvalue weighted by Crippen LogP contribution is 2.29. The number of hydrogen-bond donors (Lipinski definition) is 0. The van der Waals surface area contributed by atoms with E-state index in [9.17, 15) is 9.59 Å². The first-order valence-corrected chi connectivity index (χ1v) is 12.9. The molecular formula is C27H37N3O2S. The number of fused-ring (bicyclic) bond motifs is 1. The van der Waals surface area contributed by atoms with Crippen molar-refractivity contribution in [1.82, 2.24) is 14.5 Å². The van der Waals surface area contributed by atoms with Crippen LogP contribution in [0.15, 0.2) is 35.7 Å². The third-order valence-corrected chi connectivity index (χ3v) is 7.16. The van der Waals surface area contributed by atoms with E-state index in [1.54, 1.807) is 30.3 Å². The van der Waals surface area contributed by atoms with Crippen molar-refractivity contribution in [2.75, 3.05) is 14.1 Å². The summed E-state index contributed by atoms with van der Waals surface area (Å²) in [6.07, 6.45) is 3.79. The van der Waals surface area contributed by atoms with Crippen molar-refractivity contribution in [2.45, 2.75) is 65.8 Å². The van der Waals surface area contributed by atoms with Gasteiger partial charge in [0.15, 0.2) is 5.78 Å². The minimum absolute atomic E-state index is 0.00893. The quantitative estimate of drug-likeness (QED) is 0.308. The van der Waals surface area contributed by atoms with Crippen molar-refractivity contribution in [3.8, 4) is 0 Å². The summed E-state index contributed by atoms with van der Waals surface area (Å²) in [5.74, 6) is 1.14. The van der Waals surface area contributed by atoms with Gasteiger partial charge in [-0.15, -0.1) is 11.3 Å². The average Bonchev–Trinajstić information content (AvgIpc) is 3.41. The predicted molar refractivity (Wildman–Crippen MR) is 137 cm³/mol. The molecule has 0 aliphatic heterocycles. The van der Waals surface area contributed by atoms with Gasteiger partial charge >= 0.3 is 0 Å². The molecule has 1 aromatic carbocycles. The largest absolute Gasteiger partial charge is 0.349 e. The van der Waals surface area contributed by atoms with Gasteiger partial charge in [-0.3, -0.25) is 9.59 Å². The third kappa shape index (κ3) is 5.91. The van der Waals surface area contributed by atoms with Crippen LogP contribution in [0.25, 0.3) is 11.0 Å². The first kappa shape index (κ1) is 25.2. The van der Waals surface area contributed by atoms with E-state index in [4.69, 9.17) is 4.98 Å². The molecule has 0 saturated heterocycles. The van der Waals surface area contributed by atoms with Gasteiger partial charge in [0.2, 0.25) is 5.91 Å². The highest BCUT2D eigenvalue weighted by atomic mass is 32.1. The lowest BCUT2D eigenvalue weighted by atomic mass is 9.89. The number of Topliss-reactive ketones (excluding diaryl/α,β-unsaturated/α-hetero) is 1. The number of rotatable bonds is 11. The molecule has 0 aliphatic carbocycles. The fraction of sp³-hybridized carbons (Fsp3) is 0.519. The number of thiophene rings is 1. The Hall–Kier alpha value is -2.47. The number of ketones is 1. The molecule has 2 aromatic heterocycles. The molecule has 6 heteroatoms. The summed E-state index contributed by atoms with van der Waals surface area (Å²) < 4.78 is 2.36. The molecule has 1 amide bonds. The maximum atomic E-state index is 13.2. The summed E-state index contributed by atoms with van der Waals surface area (Å²) in [5, 5.41) is 2.10. The van der Waals surface area contributed by atoms with E-state index in [2.05, 4.69) is 49.8 Å². The molecule has 1 atom stereocenters. The van der Waals surface area contributed by atoms with Crippen LogP contribution < -0.4 is 0 Å². The zero-order valence-electron chi connectivity index (χ0n) is 20.8. The first-order chi connectivity index (χ1) is 15.7. The lowest BCUT2D eigenvalue weighted by Crippen LogP contribution is -2.32. The standard InChI is InChI=1S/C27H37N3O2S/c1-7-21(8-2)30-24-12-11-19(15-23(24)28-26(30)17-22-10-9-13-33-22)25(31)16-20(14-18(3)4)27(32)29(5)6/h9-13,15,18,20-21H,7-8,14,16-17H2,1-6H3/t20-/m1/s1. The van der Waals surface area contributed by atoms with Crippen LogP contribution >= 0.6 is 11.3 Å². The average molecular weight is 468 g/mol. The Morgan fingerprint density at radius 1 is 1.12 bits per heavy atom. The Kier molecular flexibility index (Phi) is 8.46. The van der Waals surface area contributed by atoms with Crippen LogP contribution in [0.2, 0.25) is 0 Å². The van der Waals surface area contributed by atoms with E-state index in [-0.39, 0.29) is 24.0 Å². The molecule has 0 unspecified atom stereocenters. The van der Waals surface area contributed by atoms with E-state index in [0.29, 0.717) is 23.9 Å². The van der Waals surface area contributed by atoms with Crippen molar-refractivity contribution < 1.29 is 9.59 Å². The Morgan fingerprint density at radius 3 is 2.42 bits per heavy atom. The van der Waals surface area contributed by atoms with Crippen LogP contribution in [0, 0.1) is 11.8 Å². The zero-order valence-corrected chi connectivity index (χ0v) is 21.6. The molecule has 0 N–H and O–H groups in total. The summed E-state index contributed by atoms with van der Waals surface area (Å²) in [7, 11) is 3.51. The summed E-state index contributed by atoms with van der Waals surface area (Å²) >= 11 is 1.74. The van der Waals surface area contributed by atoms with Gasteiger partial charge in [0.25, 0.3) is 0 Å².